The highest BCUT2D eigenvalue weighted by atomic mass is 79.9. The molecular weight excluding hydrogens is 541 g/mol. The van der Waals surface area contributed by atoms with Crippen molar-refractivity contribution in [3.63, 3.8) is 0 Å². The number of carbonyl (C=O) groups excluding carboxylic acids is 2. The summed E-state index contributed by atoms with van der Waals surface area (Å²) >= 11 is 3.52. The fourth-order valence-electron chi connectivity index (χ4n) is 3.39. The van der Waals surface area contributed by atoms with Crippen LogP contribution in [0.3, 0.4) is 0 Å². The number of amides is 2. The summed E-state index contributed by atoms with van der Waals surface area (Å²) in [5.74, 6) is -0.566. The van der Waals surface area contributed by atoms with Gasteiger partial charge in [0, 0.05) is 5.56 Å². The third kappa shape index (κ3) is 7.88. The summed E-state index contributed by atoms with van der Waals surface area (Å²) in [5, 5.41) is 6.72. The lowest BCUT2D eigenvalue weighted by atomic mass is 10.0. The molecule has 0 fully saturated rings. The first-order valence-electron chi connectivity index (χ1n) is 11.6. The Morgan fingerprint density at radius 2 is 1.76 bits per heavy atom. The van der Waals surface area contributed by atoms with E-state index in [-0.39, 0.29) is 11.5 Å². The van der Waals surface area contributed by atoms with Crippen LogP contribution in [0.5, 0.6) is 11.5 Å². The van der Waals surface area contributed by atoms with E-state index in [4.69, 9.17) is 9.47 Å². The normalized spacial score (nSPS) is 11.9. The van der Waals surface area contributed by atoms with Gasteiger partial charge in [-0.1, -0.05) is 43.7 Å². The summed E-state index contributed by atoms with van der Waals surface area (Å²) < 4.78 is 25.3. The van der Waals surface area contributed by atoms with E-state index in [1.807, 2.05) is 31.2 Å². The summed E-state index contributed by atoms with van der Waals surface area (Å²) in [6, 6.07) is 15.8. The molecule has 194 valence electrons. The van der Waals surface area contributed by atoms with E-state index in [1.165, 1.54) is 36.0 Å². The van der Waals surface area contributed by atoms with Gasteiger partial charge >= 0.3 is 0 Å². The molecule has 1 atom stereocenters. The molecule has 9 heteroatoms. The number of benzene rings is 3. The van der Waals surface area contributed by atoms with Crippen LogP contribution < -0.4 is 20.2 Å². The van der Waals surface area contributed by atoms with Crippen molar-refractivity contribution in [3.05, 3.63) is 93.2 Å². The van der Waals surface area contributed by atoms with Crippen LogP contribution in [0, 0.1) is 18.7 Å². The second kappa shape index (κ2) is 13.0. The highest BCUT2D eigenvalue weighted by molar-refractivity contribution is 9.10. The fraction of sp³-hybridized carbons (Fsp3) is 0.250. The lowest BCUT2D eigenvalue weighted by Gasteiger charge is -2.20. The molecule has 0 aromatic heterocycles. The van der Waals surface area contributed by atoms with E-state index in [1.54, 1.807) is 33.1 Å². The van der Waals surface area contributed by atoms with Crippen LogP contribution in [-0.4, -0.2) is 31.2 Å². The van der Waals surface area contributed by atoms with Gasteiger partial charge < -0.3 is 14.8 Å². The monoisotopic (exact) mass is 569 g/mol. The van der Waals surface area contributed by atoms with Gasteiger partial charge in [-0.25, -0.2) is 9.82 Å². The molecular formula is C28H29BrFN3O4. The minimum absolute atomic E-state index is 0.209. The van der Waals surface area contributed by atoms with Gasteiger partial charge in [-0.05, 0) is 76.3 Å². The van der Waals surface area contributed by atoms with Crippen molar-refractivity contribution >= 4 is 34.0 Å². The van der Waals surface area contributed by atoms with Gasteiger partial charge in [0.2, 0.25) is 0 Å². The quantitative estimate of drug-likeness (QED) is 0.253. The number of ether oxygens (including phenoxy) is 2. The summed E-state index contributed by atoms with van der Waals surface area (Å²) in [4.78, 5) is 25.2. The summed E-state index contributed by atoms with van der Waals surface area (Å²) in [6.45, 7) is 6.01. The fourth-order valence-corrected chi connectivity index (χ4v) is 3.97. The average molecular weight is 570 g/mol. The van der Waals surface area contributed by atoms with Crippen molar-refractivity contribution in [2.75, 3.05) is 7.11 Å². The highest BCUT2D eigenvalue weighted by Gasteiger charge is 2.24. The molecule has 0 radical (unpaired) electrons. The molecule has 0 aliphatic carbocycles. The van der Waals surface area contributed by atoms with Crippen LogP contribution in [-0.2, 0) is 11.4 Å². The minimum Gasteiger partial charge on any atom is -0.493 e. The molecule has 0 saturated carbocycles. The van der Waals surface area contributed by atoms with Gasteiger partial charge in [-0.15, -0.1) is 0 Å². The van der Waals surface area contributed by atoms with Crippen molar-refractivity contribution in [1.29, 1.82) is 0 Å². The highest BCUT2D eigenvalue weighted by Crippen LogP contribution is 2.36. The first-order valence-corrected chi connectivity index (χ1v) is 12.4. The van der Waals surface area contributed by atoms with Gasteiger partial charge in [-0.3, -0.25) is 9.59 Å². The Labute approximate surface area is 224 Å². The van der Waals surface area contributed by atoms with E-state index < -0.39 is 23.7 Å². The maximum atomic E-state index is 13.1. The van der Waals surface area contributed by atoms with Crippen LogP contribution >= 0.6 is 15.9 Å². The third-order valence-corrected chi connectivity index (χ3v) is 6.08. The van der Waals surface area contributed by atoms with Crippen LogP contribution in [0.15, 0.2) is 70.2 Å². The van der Waals surface area contributed by atoms with Crippen molar-refractivity contribution in [2.45, 2.75) is 33.4 Å². The first kappa shape index (κ1) is 27.9. The van der Waals surface area contributed by atoms with E-state index in [2.05, 4.69) is 31.8 Å². The average Bonchev–Trinajstić information content (AvgIpc) is 2.87. The molecule has 0 saturated heterocycles. The molecule has 7 nitrogen and oxygen atoms in total. The maximum Gasteiger partial charge on any atom is 0.262 e. The lowest BCUT2D eigenvalue weighted by molar-refractivity contribution is -0.123. The van der Waals surface area contributed by atoms with Crippen molar-refractivity contribution < 1.29 is 23.5 Å². The molecule has 2 N–H and O–H groups in total. The predicted octanol–water partition coefficient (Wildman–Crippen LogP) is 5.39. The van der Waals surface area contributed by atoms with E-state index in [0.29, 0.717) is 28.1 Å². The Balaban J connectivity index is 1.65. The van der Waals surface area contributed by atoms with Crippen LogP contribution in [0.2, 0.25) is 0 Å². The number of rotatable bonds is 10. The van der Waals surface area contributed by atoms with Crippen molar-refractivity contribution in [2.24, 2.45) is 11.0 Å². The smallest absolute Gasteiger partial charge is 0.262 e. The standard InChI is InChI=1S/C28H29BrFN3O4/c1-17(2)25(32-27(34)21-9-11-22(30)12-10-21)28(35)33-31-15-20-13-23(29)26(24(14-20)36-4)37-16-19-7-5-18(3)6-8-19/h5-15,17,25H,16H2,1-4H3,(H,32,34)(H,33,35). The van der Waals surface area contributed by atoms with Gasteiger partial charge in [-0.2, -0.15) is 5.10 Å². The number of nitrogens with zero attached hydrogens (tertiary/aromatic N) is 1. The predicted molar refractivity (Wildman–Crippen MR) is 144 cm³/mol. The molecule has 0 heterocycles. The zero-order valence-corrected chi connectivity index (χ0v) is 22.6. The molecule has 1 unspecified atom stereocenters. The second-order valence-corrected chi connectivity index (χ2v) is 9.60. The number of aryl methyl sites for hydroxylation is 1. The molecule has 3 aromatic rings. The zero-order valence-electron chi connectivity index (χ0n) is 21.0. The van der Waals surface area contributed by atoms with Gasteiger partial charge in [0.15, 0.2) is 11.5 Å². The van der Waals surface area contributed by atoms with Crippen molar-refractivity contribution in [3.8, 4) is 11.5 Å². The molecule has 0 aliphatic heterocycles. The maximum absolute atomic E-state index is 13.1. The second-order valence-electron chi connectivity index (χ2n) is 8.74. The topological polar surface area (TPSA) is 89.0 Å². The molecule has 3 aromatic carbocycles. The number of carbonyl (C=O) groups is 2. The van der Waals surface area contributed by atoms with E-state index >= 15 is 0 Å². The molecule has 2 amide bonds. The van der Waals surface area contributed by atoms with Crippen LogP contribution in [0.25, 0.3) is 0 Å². The molecule has 0 aliphatic rings. The number of hydrogen-bond donors (Lipinski definition) is 2. The number of methoxy groups -OCH3 is 1. The zero-order chi connectivity index (χ0) is 26.9. The van der Waals surface area contributed by atoms with Crippen LogP contribution in [0.4, 0.5) is 4.39 Å². The first-order chi connectivity index (χ1) is 17.7. The number of hydrazone groups is 1. The SMILES string of the molecule is COc1cc(C=NNC(=O)C(NC(=O)c2ccc(F)cc2)C(C)C)cc(Br)c1OCc1ccc(C)cc1. The summed E-state index contributed by atoms with van der Waals surface area (Å²) in [7, 11) is 1.54. The Hall–Kier alpha value is -3.72. The van der Waals surface area contributed by atoms with E-state index in [9.17, 15) is 14.0 Å². The van der Waals surface area contributed by atoms with Gasteiger partial charge in [0.25, 0.3) is 11.8 Å². The summed E-state index contributed by atoms with van der Waals surface area (Å²) in [6.07, 6.45) is 1.47. The molecule has 0 bridgehead atoms. The lowest BCUT2D eigenvalue weighted by Crippen LogP contribution is -2.48. The summed E-state index contributed by atoms with van der Waals surface area (Å²) in [5.41, 5.74) is 5.58. The molecule has 37 heavy (non-hydrogen) atoms. The Kier molecular flexibility index (Phi) is 9.79. The van der Waals surface area contributed by atoms with E-state index in [0.717, 1.165) is 5.56 Å². The number of halogens is 2. The van der Waals surface area contributed by atoms with Crippen molar-refractivity contribution in [1.82, 2.24) is 10.7 Å². The Morgan fingerprint density at radius 1 is 1.08 bits per heavy atom. The largest absolute Gasteiger partial charge is 0.493 e. The van der Waals surface area contributed by atoms with Crippen LogP contribution in [0.1, 0.15) is 40.9 Å². The molecule has 0 spiro atoms. The van der Waals surface area contributed by atoms with Gasteiger partial charge in [0.1, 0.15) is 18.5 Å². The number of nitrogens with one attached hydrogen (secondary N) is 2. The number of hydrogen-bond acceptors (Lipinski definition) is 5. The molecule has 3 rings (SSSR count). The Morgan fingerprint density at radius 3 is 2.38 bits per heavy atom. The third-order valence-electron chi connectivity index (χ3n) is 5.49. The minimum atomic E-state index is -0.839. The van der Waals surface area contributed by atoms with Gasteiger partial charge in [0.05, 0.1) is 17.8 Å². The Bertz CT molecular complexity index is 1260.